The zero-order valence-electron chi connectivity index (χ0n) is 16.0. The predicted octanol–water partition coefficient (Wildman–Crippen LogP) is 0.616. The molecule has 1 atom stereocenters. The summed E-state index contributed by atoms with van der Waals surface area (Å²) in [6.07, 6.45) is 1.51. The molecule has 3 N–H and O–H groups in total. The highest BCUT2D eigenvalue weighted by atomic mass is 32.2. The molecule has 0 bridgehead atoms. The van der Waals surface area contributed by atoms with Crippen molar-refractivity contribution in [3.8, 4) is 0 Å². The van der Waals surface area contributed by atoms with Crippen molar-refractivity contribution >= 4 is 27.6 Å². The Morgan fingerprint density at radius 3 is 2.32 bits per heavy atom. The lowest BCUT2D eigenvalue weighted by molar-refractivity contribution is -0.130. The molecule has 28 heavy (non-hydrogen) atoms. The zero-order valence-corrected chi connectivity index (χ0v) is 16.8. The second-order valence-electron chi connectivity index (χ2n) is 6.55. The highest BCUT2D eigenvalue weighted by Gasteiger charge is 2.37. The maximum atomic E-state index is 12.6. The Labute approximate surface area is 163 Å². The second-order valence-corrected chi connectivity index (χ2v) is 8.54. The number of amides is 2. The van der Waals surface area contributed by atoms with Gasteiger partial charge in [-0.05, 0) is 50.6 Å². The quantitative estimate of drug-likeness (QED) is 0.639. The van der Waals surface area contributed by atoms with E-state index in [1.54, 1.807) is 13.8 Å². The number of benzene rings is 1. The number of aromatic nitrogens is 2. The van der Waals surface area contributed by atoms with Crippen molar-refractivity contribution in [2.75, 3.05) is 18.1 Å². The lowest BCUT2D eigenvalue weighted by Crippen LogP contribution is -2.46. The van der Waals surface area contributed by atoms with Crippen molar-refractivity contribution in [1.29, 1.82) is 0 Å². The molecule has 1 aromatic heterocycles. The van der Waals surface area contributed by atoms with Crippen molar-refractivity contribution in [3.63, 3.8) is 0 Å². The summed E-state index contributed by atoms with van der Waals surface area (Å²) in [6.45, 7) is 4.64. The average molecular weight is 406 g/mol. The number of aryl methyl sites for hydroxylation is 2. The van der Waals surface area contributed by atoms with Gasteiger partial charge in [-0.1, -0.05) is 0 Å². The van der Waals surface area contributed by atoms with Gasteiger partial charge in [0.05, 0.1) is 10.6 Å². The molecule has 0 fully saturated rings. The highest BCUT2D eigenvalue weighted by Crippen LogP contribution is 2.19. The Morgan fingerprint density at radius 2 is 1.79 bits per heavy atom. The van der Waals surface area contributed by atoms with E-state index in [1.807, 2.05) is 0 Å². The molecule has 0 aliphatic carbocycles. The Balaban J connectivity index is 2.17. The van der Waals surface area contributed by atoms with Crippen molar-refractivity contribution in [2.45, 2.75) is 31.3 Å². The molecule has 0 spiro atoms. The van der Waals surface area contributed by atoms with Crippen LogP contribution >= 0.6 is 0 Å². The summed E-state index contributed by atoms with van der Waals surface area (Å²) in [6, 6.07) is 5.20. The normalized spacial score (nSPS) is 13.5. The van der Waals surface area contributed by atoms with E-state index >= 15 is 0 Å². The SMILES string of the molecule is CNC(=O)c1ccc(S(=O)(=O)C[C@](C)(O)C(=O)Nc2ncc(C)c(C)n2)cc1. The number of nitrogens with zero attached hydrogens (tertiary/aromatic N) is 2. The van der Waals surface area contributed by atoms with E-state index in [0.29, 0.717) is 5.69 Å². The van der Waals surface area contributed by atoms with Crippen LogP contribution < -0.4 is 10.6 Å². The van der Waals surface area contributed by atoms with Gasteiger partial charge >= 0.3 is 0 Å². The van der Waals surface area contributed by atoms with E-state index < -0.39 is 27.1 Å². The van der Waals surface area contributed by atoms with Gasteiger partial charge in [0.1, 0.15) is 0 Å². The lowest BCUT2D eigenvalue weighted by Gasteiger charge is -2.21. The van der Waals surface area contributed by atoms with E-state index in [1.165, 1.54) is 37.5 Å². The van der Waals surface area contributed by atoms with Gasteiger partial charge in [-0.2, -0.15) is 0 Å². The first-order valence-corrected chi connectivity index (χ1v) is 10.0. The highest BCUT2D eigenvalue weighted by molar-refractivity contribution is 7.91. The van der Waals surface area contributed by atoms with Crippen molar-refractivity contribution in [1.82, 2.24) is 15.3 Å². The van der Waals surface area contributed by atoms with Gasteiger partial charge in [-0.25, -0.2) is 18.4 Å². The van der Waals surface area contributed by atoms with Crippen LogP contribution in [0, 0.1) is 13.8 Å². The number of sulfone groups is 1. The molecule has 10 heteroatoms. The number of carbonyl (C=O) groups excluding carboxylic acids is 2. The second kappa shape index (κ2) is 8.03. The first-order valence-electron chi connectivity index (χ1n) is 8.35. The fraction of sp³-hybridized carbons (Fsp3) is 0.333. The molecule has 1 heterocycles. The van der Waals surface area contributed by atoms with Gasteiger partial charge in [-0.15, -0.1) is 0 Å². The summed E-state index contributed by atoms with van der Waals surface area (Å²) in [5.74, 6) is -2.18. The van der Waals surface area contributed by atoms with Crippen molar-refractivity contribution in [2.24, 2.45) is 0 Å². The Bertz CT molecular complexity index is 1000. The van der Waals surface area contributed by atoms with Gasteiger partial charge in [0.25, 0.3) is 11.8 Å². The third-order valence-corrected chi connectivity index (χ3v) is 6.05. The number of hydrogen-bond donors (Lipinski definition) is 3. The van der Waals surface area contributed by atoms with E-state index in [0.717, 1.165) is 12.5 Å². The topological polar surface area (TPSA) is 138 Å². The maximum Gasteiger partial charge on any atom is 0.259 e. The molecule has 1 aromatic carbocycles. The van der Waals surface area contributed by atoms with Gasteiger partial charge in [0, 0.05) is 24.5 Å². The van der Waals surface area contributed by atoms with Crippen LogP contribution in [0.25, 0.3) is 0 Å². The molecular formula is C18H22N4O5S. The molecule has 0 radical (unpaired) electrons. The van der Waals surface area contributed by atoms with Crippen LogP contribution in [-0.4, -0.2) is 53.7 Å². The van der Waals surface area contributed by atoms with E-state index in [9.17, 15) is 23.1 Å². The number of hydrogen-bond acceptors (Lipinski definition) is 7. The number of aliphatic hydroxyl groups is 1. The Morgan fingerprint density at radius 1 is 1.18 bits per heavy atom. The molecule has 2 aromatic rings. The van der Waals surface area contributed by atoms with E-state index in [-0.39, 0.29) is 22.3 Å². The molecule has 0 saturated carbocycles. The lowest BCUT2D eigenvalue weighted by atomic mass is 10.1. The molecule has 0 aliphatic heterocycles. The molecule has 0 aliphatic rings. The van der Waals surface area contributed by atoms with Crippen LogP contribution in [0.1, 0.15) is 28.5 Å². The molecule has 0 unspecified atom stereocenters. The number of carbonyl (C=O) groups is 2. The fourth-order valence-electron chi connectivity index (χ4n) is 2.30. The van der Waals surface area contributed by atoms with Crippen LogP contribution in [0.4, 0.5) is 5.95 Å². The summed E-state index contributed by atoms with van der Waals surface area (Å²) < 4.78 is 25.2. The molecule has 2 amide bonds. The van der Waals surface area contributed by atoms with Crippen LogP contribution in [0.15, 0.2) is 35.4 Å². The predicted molar refractivity (Wildman–Crippen MR) is 103 cm³/mol. The summed E-state index contributed by atoms with van der Waals surface area (Å²) >= 11 is 0. The third-order valence-electron chi connectivity index (χ3n) is 4.11. The monoisotopic (exact) mass is 406 g/mol. The Hall–Kier alpha value is -2.85. The third kappa shape index (κ3) is 4.90. The molecule has 150 valence electrons. The van der Waals surface area contributed by atoms with Crippen LogP contribution in [0.5, 0.6) is 0 Å². The maximum absolute atomic E-state index is 12.6. The number of rotatable bonds is 6. The molecule has 9 nitrogen and oxygen atoms in total. The van der Waals surface area contributed by atoms with Gasteiger partial charge in [-0.3, -0.25) is 14.9 Å². The fourth-order valence-corrected chi connectivity index (χ4v) is 3.89. The summed E-state index contributed by atoms with van der Waals surface area (Å²) in [5.41, 5.74) is -0.459. The first-order chi connectivity index (χ1) is 13.0. The summed E-state index contributed by atoms with van der Waals surface area (Å²) in [5, 5.41) is 15.2. The van der Waals surface area contributed by atoms with Crippen LogP contribution in [-0.2, 0) is 14.6 Å². The standard InChI is InChI=1S/C18H22N4O5S/c1-11-9-20-17(21-12(11)2)22-16(24)18(3,25)10-28(26,27)14-7-5-13(6-8-14)15(23)19-4/h5-9,25H,10H2,1-4H3,(H,19,23)(H,20,21,22,24)/t18-/m0/s1. The van der Waals surface area contributed by atoms with E-state index in [2.05, 4.69) is 20.6 Å². The van der Waals surface area contributed by atoms with Crippen molar-refractivity contribution in [3.05, 3.63) is 47.3 Å². The van der Waals surface area contributed by atoms with Crippen LogP contribution in [0.2, 0.25) is 0 Å². The van der Waals surface area contributed by atoms with Gasteiger partial charge in [0.2, 0.25) is 5.95 Å². The first kappa shape index (κ1) is 21.5. The minimum Gasteiger partial charge on any atom is -0.379 e. The number of anilines is 1. The van der Waals surface area contributed by atoms with Crippen molar-refractivity contribution < 1.29 is 23.1 Å². The minimum absolute atomic E-state index is 0.0271. The molecular weight excluding hydrogens is 384 g/mol. The van der Waals surface area contributed by atoms with Gasteiger partial charge < -0.3 is 10.4 Å². The van der Waals surface area contributed by atoms with Gasteiger partial charge in [0.15, 0.2) is 15.4 Å². The average Bonchev–Trinajstić information content (AvgIpc) is 2.63. The summed E-state index contributed by atoms with van der Waals surface area (Å²) in [7, 11) is -2.54. The largest absolute Gasteiger partial charge is 0.379 e. The van der Waals surface area contributed by atoms with Crippen LogP contribution in [0.3, 0.4) is 0 Å². The van der Waals surface area contributed by atoms with E-state index in [4.69, 9.17) is 0 Å². The molecule has 2 rings (SSSR count). The minimum atomic E-state index is -4.00. The summed E-state index contributed by atoms with van der Waals surface area (Å²) in [4.78, 5) is 31.8. The zero-order chi connectivity index (χ0) is 21.1. The number of nitrogens with one attached hydrogen (secondary N) is 2. The smallest absolute Gasteiger partial charge is 0.259 e. The Kier molecular flexibility index (Phi) is 6.15. The molecule has 0 saturated heterocycles.